The standard InChI is InChI=1S/C40H39F3N6O4S/c1-25(29-17-19-44-35(21-29)46-23-27-5-11-32(52-3)12-6-27)39(37(50)49(38(51)48-39)31-9-15-34(16-10-31)54-40(41,42)43)26(2)30-18-20-45-36(22-30)47-24-28-7-13-33(53-4)14-8-28/h5-22,25-26H,23-24H2,1-4H3,(H,44,46)(H,45,47)(H,48,51). The van der Waals surface area contributed by atoms with Gasteiger partial charge in [-0.1, -0.05) is 38.1 Å². The molecule has 0 radical (unpaired) electrons. The monoisotopic (exact) mass is 756 g/mol. The smallest absolute Gasteiger partial charge is 0.446 e. The van der Waals surface area contributed by atoms with Gasteiger partial charge in [-0.25, -0.2) is 19.7 Å². The number of rotatable bonds is 14. The lowest BCUT2D eigenvalue weighted by atomic mass is 9.70. The van der Waals surface area contributed by atoms with E-state index in [0.717, 1.165) is 38.7 Å². The number of nitrogens with zero attached hydrogens (tertiary/aromatic N) is 3. The van der Waals surface area contributed by atoms with Crippen LogP contribution < -0.4 is 30.3 Å². The Morgan fingerprint density at radius 2 is 1.20 bits per heavy atom. The second-order valence-electron chi connectivity index (χ2n) is 12.8. The summed E-state index contributed by atoms with van der Waals surface area (Å²) >= 11 is -0.270. The van der Waals surface area contributed by atoms with Crippen LogP contribution in [0.3, 0.4) is 0 Å². The molecule has 2 unspecified atom stereocenters. The van der Waals surface area contributed by atoms with Gasteiger partial charge in [0.05, 0.1) is 19.9 Å². The molecule has 1 saturated heterocycles. The molecule has 2 atom stereocenters. The third kappa shape index (κ3) is 8.38. The molecule has 1 fully saturated rings. The number of imide groups is 1. The molecular weight excluding hydrogens is 718 g/mol. The molecule has 5 aromatic rings. The van der Waals surface area contributed by atoms with Crippen molar-refractivity contribution in [3.05, 3.63) is 132 Å². The van der Waals surface area contributed by atoms with E-state index in [1.54, 1.807) is 38.7 Å². The van der Waals surface area contributed by atoms with E-state index in [-0.39, 0.29) is 22.3 Å². The van der Waals surface area contributed by atoms with E-state index >= 15 is 0 Å². The van der Waals surface area contributed by atoms with Gasteiger partial charge in [0, 0.05) is 42.2 Å². The van der Waals surface area contributed by atoms with Crippen molar-refractivity contribution in [2.24, 2.45) is 0 Å². The molecule has 3 heterocycles. The summed E-state index contributed by atoms with van der Waals surface area (Å²) < 4.78 is 49.7. The van der Waals surface area contributed by atoms with Crippen molar-refractivity contribution in [3.8, 4) is 11.5 Å². The Hall–Kier alpha value is -5.76. The quantitative estimate of drug-likeness (QED) is 0.0756. The molecule has 0 spiro atoms. The van der Waals surface area contributed by atoms with Crippen molar-refractivity contribution in [2.45, 2.75) is 54.7 Å². The summed E-state index contributed by atoms with van der Waals surface area (Å²) in [6, 6.07) is 27.1. The van der Waals surface area contributed by atoms with Gasteiger partial charge in [0.15, 0.2) is 0 Å². The van der Waals surface area contributed by atoms with Gasteiger partial charge in [-0.3, -0.25) is 4.79 Å². The Morgan fingerprint density at radius 1 is 0.741 bits per heavy atom. The zero-order valence-electron chi connectivity index (χ0n) is 30.0. The molecule has 3 aromatic carbocycles. The molecule has 10 nitrogen and oxygen atoms in total. The number of halogens is 3. The molecule has 3 amide bonds. The van der Waals surface area contributed by atoms with Crippen molar-refractivity contribution < 1.29 is 32.2 Å². The lowest BCUT2D eigenvalue weighted by molar-refractivity contribution is -0.123. The summed E-state index contributed by atoms with van der Waals surface area (Å²) in [5.41, 5.74) is -2.39. The number of carbonyl (C=O) groups excluding carboxylic acids is 2. The van der Waals surface area contributed by atoms with Gasteiger partial charge in [0.25, 0.3) is 5.91 Å². The maximum absolute atomic E-state index is 14.9. The Bertz CT molecular complexity index is 1980. The molecule has 2 aromatic heterocycles. The zero-order chi connectivity index (χ0) is 38.5. The number of nitrogens with one attached hydrogen (secondary N) is 3. The van der Waals surface area contributed by atoms with Gasteiger partial charge in [-0.15, -0.1) is 0 Å². The highest BCUT2D eigenvalue weighted by atomic mass is 32.2. The number of hydrogen-bond acceptors (Lipinski definition) is 9. The summed E-state index contributed by atoms with van der Waals surface area (Å²) in [5, 5.41) is 9.71. The first kappa shape index (κ1) is 38.0. The predicted octanol–water partition coefficient (Wildman–Crippen LogP) is 8.73. The molecule has 3 N–H and O–H groups in total. The van der Waals surface area contributed by atoms with E-state index < -0.39 is 34.8 Å². The summed E-state index contributed by atoms with van der Waals surface area (Å²) in [5.74, 6) is 0.865. The lowest BCUT2D eigenvalue weighted by Crippen LogP contribution is -2.55. The Balaban J connectivity index is 1.32. The molecule has 54 heavy (non-hydrogen) atoms. The summed E-state index contributed by atoms with van der Waals surface area (Å²) in [6.45, 7) is 4.69. The summed E-state index contributed by atoms with van der Waals surface area (Å²) in [6.07, 6.45) is 3.29. The first-order chi connectivity index (χ1) is 25.9. The maximum atomic E-state index is 14.9. The minimum Gasteiger partial charge on any atom is -0.497 e. The summed E-state index contributed by atoms with van der Waals surface area (Å²) in [7, 11) is 3.21. The van der Waals surface area contributed by atoms with Gasteiger partial charge in [-0.05, 0) is 107 Å². The van der Waals surface area contributed by atoms with Crippen molar-refractivity contribution in [2.75, 3.05) is 29.8 Å². The van der Waals surface area contributed by atoms with Crippen LogP contribution in [-0.4, -0.2) is 47.2 Å². The van der Waals surface area contributed by atoms with E-state index in [4.69, 9.17) is 9.47 Å². The number of pyridine rings is 2. The molecule has 280 valence electrons. The van der Waals surface area contributed by atoms with Gasteiger partial charge in [0.1, 0.15) is 28.7 Å². The van der Waals surface area contributed by atoms with Crippen molar-refractivity contribution >= 4 is 41.0 Å². The van der Waals surface area contributed by atoms with Crippen LogP contribution in [0, 0.1) is 0 Å². The molecular formula is C40H39F3N6O4S. The SMILES string of the molecule is COc1ccc(CNc2cc(C(C)C3(C(C)c4ccnc(NCc5ccc(OC)cc5)c4)NC(=O)N(c4ccc(SC(F)(F)F)cc4)C3=O)ccn2)cc1. The van der Waals surface area contributed by atoms with E-state index in [1.165, 1.54) is 24.3 Å². The molecule has 0 saturated carbocycles. The molecule has 0 bridgehead atoms. The van der Waals surface area contributed by atoms with E-state index in [0.29, 0.717) is 24.7 Å². The minimum atomic E-state index is -4.48. The van der Waals surface area contributed by atoms with Gasteiger partial charge in [0.2, 0.25) is 0 Å². The highest BCUT2D eigenvalue weighted by Gasteiger charge is 2.58. The Kier molecular flexibility index (Phi) is 11.3. The van der Waals surface area contributed by atoms with Gasteiger partial charge < -0.3 is 25.4 Å². The number of benzene rings is 3. The maximum Gasteiger partial charge on any atom is 0.446 e. The van der Waals surface area contributed by atoms with Crippen LogP contribution in [0.5, 0.6) is 11.5 Å². The summed E-state index contributed by atoms with van der Waals surface area (Å²) in [4.78, 5) is 38.7. The number of aromatic nitrogens is 2. The largest absolute Gasteiger partial charge is 0.497 e. The number of amides is 3. The second-order valence-corrected chi connectivity index (χ2v) is 13.9. The number of anilines is 3. The topological polar surface area (TPSA) is 118 Å². The van der Waals surface area contributed by atoms with Crippen LogP contribution in [0.25, 0.3) is 0 Å². The average molecular weight is 757 g/mol. The van der Waals surface area contributed by atoms with E-state index in [1.807, 2.05) is 74.5 Å². The Morgan fingerprint density at radius 3 is 1.63 bits per heavy atom. The second kappa shape index (κ2) is 16.1. The number of hydrogen-bond donors (Lipinski definition) is 3. The lowest BCUT2D eigenvalue weighted by Gasteiger charge is -2.39. The predicted molar refractivity (Wildman–Crippen MR) is 203 cm³/mol. The van der Waals surface area contributed by atoms with Crippen LogP contribution in [-0.2, 0) is 17.9 Å². The highest BCUT2D eigenvalue weighted by Crippen LogP contribution is 2.46. The minimum absolute atomic E-state index is 0.0655. The number of thioether (sulfide) groups is 1. The van der Waals surface area contributed by atoms with Crippen LogP contribution in [0.2, 0.25) is 0 Å². The third-order valence-corrected chi connectivity index (χ3v) is 10.3. The van der Waals surface area contributed by atoms with E-state index in [2.05, 4.69) is 25.9 Å². The van der Waals surface area contributed by atoms with Crippen LogP contribution in [0.1, 0.15) is 47.9 Å². The van der Waals surface area contributed by atoms with Crippen molar-refractivity contribution in [1.29, 1.82) is 0 Å². The van der Waals surface area contributed by atoms with Gasteiger partial charge >= 0.3 is 11.5 Å². The van der Waals surface area contributed by atoms with E-state index in [9.17, 15) is 22.8 Å². The normalized spacial score (nSPS) is 16.8. The highest BCUT2D eigenvalue weighted by molar-refractivity contribution is 8.00. The average Bonchev–Trinajstić information content (AvgIpc) is 3.45. The third-order valence-electron chi connectivity index (χ3n) is 9.60. The number of urea groups is 1. The fraction of sp³-hybridized carbons (Fsp3) is 0.250. The fourth-order valence-corrected chi connectivity index (χ4v) is 7.12. The number of carbonyl (C=O) groups is 2. The van der Waals surface area contributed by atoms with Crippen molar-refractivity contribution in [3.63, 3.8) is 0 Å². The number of alkyl halides is 3. The first-order valence-electron chi connectivity index (χ1n) is 17.1. The van der Waals surface area contributed by atoms with Gasteiger partial charge in [-0.2, -0.15) is 13.2 Å². The van der Waals surface area contributed by atoms with Crippen LogP contribution in [0.4, 0.5) is 35.3 Å². The number of methoxy groups -OCH3 is 2. The fourth-order valence-electron chi connectivity index (χ4n) is 6.58. The molecule has 1 aliphatic heterocycles. The van der Waals surface area contributed by atoms with Crippen molar-refractivity contribution in [1.82, 2.24) is 15.3 Å². The Labute approximate surface area is 315 Å². The van der Waals surface area contributed by atoms with Crippen LogP contribution in [0.15, 0.2) is 114 Å². The number of ether oxygens (including phenoxy) is 2. The molecule has 1 aliphatic rings. The zero-order valence-corrected chi connectivity index (χ0v) is 30.8. The first-order valence-corrected chi connectivity index (χ1v) is 17.9. The van der Waals surface area contributed by atoms with Crippen LogP contribution >= 0.6 is 11.8 Å². The molecule has 6 rings (SSSR count). The molecule has 0 aliphatic carbocycles. The molecule has 14 heteroatoms.